The first-order valence-corrected chi connectivity index (χ1v) is 11.4. The molecule has 0 bridgehead atoms. The van der Waals surface area contributed by atoms with Crippen LogP contribution < -0.4 is 0 Å². The Morgan fingerprint density at radius 2 is 1.83 bits per heavy atom. The fourth-order valence-corrected chi connectivity index (χ4v) is 4.93. The molecule has 0 spiro atoms. The van der Waals surface area contributed by atoms with Gasteiger partial charge in [-0.3, -0.25) is 14.4 Å². The first kappa shape index (κ1) is 21.1. The number of rotatable bonds is 5. The van der Waals surface area contributed by atoms with Gasteiger partial charge in [0, 0.05) is 54.6 Å². The van der Waals surface area contributed by atoms with E-state index in [-0.39, 0.29) is 5.91 Å². The number of carbonyl (C=O) groups excluding carboxylic acids is 1. The molecule has 1 aliphatic heterocycles. The predicted octanol–water partition coefficient (Wildman–Crippen LogP) is 4.30. The van der Waals surface area contributed by atoms with Gasteiger partial charge in [0.25, 0.3) is 0 Å². The zero-order valence-electron chi connectivity index (χ0n) is 18.0. The number of hydrogen-bond acceptors (Lipinski definition) is 3. The van der Waals surface area contributed by atoms with Gasteiger partial charge in [-0.25, -0.2) is 0 Å². The molecule has 1 aliphatic carbocycles. The zero-order valence-corrected chi connectivity index (χ0v) is 18.7. The molecule has 1 aromatic heterocycles. The van der Waals surface area contributed by atoms with Crippen LogP contribution in [0.25, 0.3) is 6.08 Å². The third kappa shape index (κ3) is 4.62. The van der Waals surface area contributed by atoms with Crippen LogP contribution in [0.5, 0.6) is 0 Å². The fourth-order valence-electron chi connectivity index (χ4n) is 4.73. The predicted molar refractivity (Wildman–Crippen MR) is 122 cm³/mol. The van der Waals surface area contributed by atoms with Crippen LogP contribution >= 0.6 is 11.6 Å². The molecule has 0 unspecified atom stereocenters. The Labute approximate surface area is 184 Å². The molecule has 0 N–H and O–H groups in total. The lowest BCUT2D eigenvalue weighted by Crippen LogP contribution is -2.51. The van der Waals surface area contributed by atoms with Crippen molar-refractivity contribution in [3.05, 3.63) is 57.9 Å². The highest BCUT2D eigenvalue weighted by Crippen LogP contribution is 2.24. The Hall–Kier alpha value is -2.11. The maximum absolute atomic E-state index is 12.7. The molecule has 30 heavy (non-hydrogen) atoms. The van der Waals surface area contributed by atoms with Crippen molar-refractivity contribution in [2.75, 3.05) is 26.2 Å². The van der Waals surface area contributed by atoms with Crippen molar-refractivity contribution in [1.29, 1.82) is 0 Å². The number of aromatic nitrogens is 2. The summed E-state index contributed by atoms with van der Waals surface area (Å²) in [5.74, 6) is 0.0960. The van der Waals surface area contributed by atoms with Crippen molar-refractivity contribution in [3.8, 4) is 0 Å². The highest BCUT2D eigenvalue weighted by Gasteiger charge is 2.27. The molecular weight excluding hydrogens is 396 g/mol. The van der Waals surface area contributed by atoms with Gasteiger partial charge < -0.3 is 4.90 Å². The smallest absolute Gasteiger partial charge is 0.246 e. The van der Waals surface area contributed by atoms with E-state index in [9.17, 15) is 4.79 Å². The Balaban J connectivity index is 1.38. The molecule has 0 atom stereocenters. The van der Waals surface area contributed by atoms with E-state index in [0.717, 1.165) is 59.8 Å². The minimum atomic E-state index is 0.0960. The number of benzene rings is 1. The van der Waals surface area contributed by atoms with Gasteiger partial charge in [-0.1, -0.05) is 42.6 Å². The van der Waals surface area contributed by atoms with Gasteiger partial charge in [-0.15, -0.1) is 0 Å². The van der Waals surface area contributed by atoms with Crippen LogP contribution in [0.3, 0.4) is 0 Å². The standard InChI is InChI=1S/C24H31ClN4O/c1-18-22(19(2)29(26-18)17-20-7-3-6-10-23(20)25)11-12-24(30)28-15-13-27(14-16-28)21-8-4-5-9-21/h3,6-7,10-12,21H,4-5,8-9,13-17H2,1-2H3/b12-11+. The third-order valence-corrected chi connectivity index (χ3v) is 6.94. The minimum absolute atomic E-state index is 0.0960. The average Bonchev–Trinajstić information content (AvgIpc) is 3.37. The second kappa shape index (κ2) is 9.36. The van der Waals surface area contributed by atoms with Crippen molar-refractivity contribution in [2.45, 2.75) is 52.1 Å². The number of nitrogens with zero attached hydrogens (tertiary/aromatic N) is 4. The van der Waals surface area contributed by atoms with Crippen molar-refractivity contribution < 1.29 is 4.79 Å². The van der Waals surface area contributed by atoms with Crippen LogP contribution in [0.4, 0.5) is 0 Å². The van der Waals surface area contributed by atoms with Gasteiger partial charge in [-0.05, 0) is 44.4 Å². The lowest BCUT2D eigenvalue weighted by atomic mass is 10.1. The Morgan fingerprint density at radius 1 is 1.13 bits per heavy atom. The largest absolute Gasteiger partial charge is 0.337 e. The van der Waals surface area contributed by atoms with Crippen molar-refractivity contribution >= 4 is 23.6 Å². The number of halogens is 1. The molecular formula is C24H31ClN4O. The van der Waals surface area contributed by atoms with Gasteiger partial charge in [0.2, 0.25) is 5.91 Å². The summed E-state index contributed by atoms with van der Waals surface area (Å²) < 4.78 is 1.96. The Morgan fingerprint density at radius 3 is 2.53 bits per heavy atom. The number of aryl methyl sites for hydroxylation is 1. The van der Waals surface area contributed by atoms with E-state index >= 15 is 0 Å². The molecule has 6 heteroatoms. The average molecular weight is 427 g/mol. The topological polar surface area (TPSA) is 41.4 Å². The van der Waals surface area contributed by atoms with Crippen LogP contribution in [-0.2, 0) is 11.3 Å². The summed E-state index contributed by atoms with van der Waals surface area (Å²) in [4.78, 5) is 17.3. The summed E-state index contributed by atoms with van der Waals surface area (Å²) in [5.41, 5.74) is 4.02. The SMILES string of the molecule is Cc1nn(Cc2ccccc2Cl)c(C)c1/C=C/C(=O)N1CCN(C2CCCC2)CC1. The molecule has 1 amide bonds. The summed E-state index contributed by atoms with van der Waals surface area (Å²) in [7, 11) is 0. The van der Waals surface area contributed by atoms with Gasteiger partial charge in [0.05, 0.1) is 12.2 Å². The molecule has 2 fully saturated rings. The highest BCUT2D eigenvalue weighted by molar-refractivity contribution is 6.31. The van der Waals surface area contributed by atoms with Crippen molar-refractivity contribution in [1.82, 2.24) is 19.6 Å². The normalized spacial score (nSPS) is 18.6. The quantitative estimate of drug-likeness (QED) is 0.669. The zero-order chi connectivity index (χ0) is 21.1. The summed E-state index contributed by atoms with van der Waals surface area (Å²) in [6.45, 7) is 8.29. The molecule has 4 rings (SSSR count). The minimum Gasteiger partial charge on any atom is -0.337 e. The van der Waals surface area contributed by atoms with Crippen LogP contribution in [0.1, 0.15) is 48.2 Å². The van der Waals surface area contributed by atoms with Gasteiger partial charge in [-0.2, -0.15) is 5.10 Å². The summed E-state index contributed by atoms with van der Waals surface area (Å²) in [6, 6.07) is 8.57. The number of amides is 1. The van der Waals surface area contributed by atoms with E-state index in [1.54, 1.807) is 6.08 Å². The van der Waals surface area contributed by atoms with Gasteiger partial charge >= 0.3 is 0 Å². The van der Waals surface area contributed by atoms with Crippen molar-refractivity contribution in [2.24, 2.45) is 0 Å². The monoisotopic (exact) mass is 426 g/mol. The first-order valence-electron chi connectivity index (χ1n) is 11.0. The lowest BCUT2D eigenvalue weighted by molar-refractivity contribution is -0.127. The number of piperazine rings is 1. The number of carbonyl (C=O) groups is 1. The Kier molecular flexibility index (Phi) is 6.59. The van der Waals surface area contributed by atoms with E-state index < -0.39 is 0 Å². The molecule has 2 aromatic rings. The van der Waals surface area contributed by atoms with Gasteiger partial charge in [0.1, 0.15) is 0 Å². The van der Waals surface area contributed by atoms with Crippen LogP contribution in [0, 0.1) is 13.8 Å². The maximum atomic E-state index is 12.7. The second-order valence-corrected chi connectivity index (χ2v) is 8.87. The van der Waals surface area contributed by atoms with E-state index in [0.29, 0.717) is 6.54 Å². The summed E-state index contributed by atoms with van der Waals surface area (Å²) >= 11 is 6.30. The molecule has 1 saturated heterocycles. The molecule has 160 valence electrons. The molecule has 2 heterocycles. The third-order valence-electron chi connectivity index (χ3n) is 6.58. The first-order chi connectivity index (χ1) is 14.5. The van der Waals surface area contributed by atoms with E-state index in [2.05, 4.69) is 10.00 Å². The van der Waals surface area contributed by atoms with Crippen LogP contribution in [0.15, 0.2) is 30.3 Å². The highest BCUT2D eigenvalue weighted by atomic mass is 35.5. The number of hydrogen-bond donors (Lipinski definition) is 0. The van der Waals surface area contributed by atoms with Crippen LogP contribution in [0.2, 0.25) is 5.02 Å². The molecule has 0 radical (unpaired) electrons. The van der Waals surface area contributed by atoms with E-state index in [1.165, 1.54) is 25.7 Å². The van der Waals surface area contributed by atoms with Gasteiger partial charge in [0.15, 0.2) is 0 Å². The molecule has 2 aliphatic rings. The van der Waals surface area contributed by atoms with E-state index in [4.69, 9.17) is 11.6 Å². The molecule has 1 aromatic carbocycles. The second-order valence-electron chi connectivity index (χ2n) is 8.47. The lowest BCUT2D eigenvalue weighted by Gasteiger charge is -2.37. The maximum Gasteiger partial charge on any atom is 0.246 e. The Bertz CT molecular complexity index is 921. The summed E-state index contributed by atoms with van der Waals surface area (Å²) in [5, 5.41) is 5.41. The molecule has 5 nitrogen and oxygen atoms in total. The molecule has 1 saturated carbocycles. The summed E-state index contributed by atoms with van der Waals surface area (Å²) in [6.07, 6.45) is 8.99. The fraction of sp³-hybridized carbons (Fsp3) is 0.500. The van der Waals surface area contributed by atoms with Crippen molar-refractivity contribution in [3.63, 3.8) is 0 Å². The van der Waals surface area contributed by atoms with Crippen LogP contribution in [-0.4, -0.2) is 57.7 Å². The van der Waals surface area contributed by atoms with E-state index in [1.807, 2.05) is 53.8 Å².